The minimum atomic E-state index is -1.45. The Kier molecular flexibility index (Phi) is 17.4. The molecule has 2 aromatic heterocycles. The third kappa shape index (κ3) is 11.8. The van der Waals surface area contributed by atoms with Gasteiger partial charge in [0.25, 0.3) is 0 Å². The molecule has 10 nitrogen and oxygen atoms in total. The highest BCUT2D eigenvalue weighted by atomic mass is 16.5. The molecule has 0 amide bonds. The molecule has 3 N–H and O–H groups in total. The summed E-state index contributed by atoms with van der Waals surface area (Å²) < 4.78 is 5.64. The van der Waals surface area contributed by atoms with E-state index in [1.807, 2.05) is 39.8 Å². The van der Waals surface area contributed by atoms with Crippen LogP contribution in [0.4, 0.5) is 0 Å². The number of fused-ring (bicyclic) bond motifs is 1. The average molecular weight is 873 g/mol. The number of carbonyl (C=O) groups excluding carboxylic acids is 3. The highest BCUT2D eigenvalue weighted by molar-refractivity contribution is 6.35. The van der Waals surface area contributed by atoms with E-state index in [1.165, 1.54) is 50.5 Å². The number of aliphatic imine (C=N–C) groups is 2. The van der Waals surface area contributed by atoms with Gasteiger partial charge in [0.1, 0.15) is 12.5 Å². The first-order valence-electron chi connectivity index (χ1n) is 23.6. The highest BCUT2D eigenvalue weighted by Crippen LogP contribution is 2.39. The van der Waals surface area contributed by atoms with Gasteiger partial charge in [0.2, 0.25) is 0 Å². The number of allylic oxidation sites excluding steroid dienone is 4. The summed E-state index contributed by atoms with van der Waals surface area (Å²) in [6.45, 7) is 27.6. The van der Waals surface area contributed by atoms with Gasteiger partial charge in [0, 0.05) is 63.0 Å². The zero-order valence-electron chi connectivity index (χ0n) is 39.9. The number of hydrogen-bond acceptors (Lipinski definition) is 7. The van der Waals surface area contributed by atoms with E-state index in [2.05, 4.69) is 57.7 Å². The van der Waals surface area contributed by atoms with E-state index >= 15 is 0 Å². The minimum absolute atomic E-state index is 0.106. The Bertz CT molecular complexity index is 2410. The number of aldehydes is 1. The number of rotatable bonds is 24. The molecule has 0 fully saturated rings. The molecule has 5 atom stereocenters. The summed E-state index contributed by atoms with van der Waals surface area (Å²) in [4.78, 5) is 68.4. The fourth-order valence-electron chi connectivity index (χ4n) is 9.50. The fourth-order valence-corrected chi connectivity index (χ4v) is 9.50. The number of esters is 1. The number of nitrogens with zero attached hydrogens (tertiary/aromatic N) is 2. The van der Waals surface area contributed by atoms with Crippen molar-refractivity contribution in [3.63, 3.8) is 0 Å². The van der Waals surface area contributed by atoms with Gasteiger partial charge in [-0.1, -0.05) is 111 Å². The van der Waals surface area contributed by atoms with Crippen molar-refractivity contribution in [1.29, 1.82) is 0 Å². The van der Waals surface area contributed by atoms with Crippen LogP contribution in [-0.4, -0.2) is 57.1 Å². The van der Waals surface area contributed by atoms with Crippen LogP contribution >= 0.6 is 0 Å². The molecule has 2 aliphatic heterocycles. The normalized spacial score (nSPS) is 20.7. The number of carboxylic acids is 1. The molecule has 5 rings (SSSR count). The van der Waals surface area contributed by atoms with Crippen LogP contribution in [0.15, 0.2) is 63.4 Å². The molecule has 1 aliphatic carbocycles. The third-order valence-corrected chi connectivity index (χ3v) is 13.6. The van der Waals surface area contributed by atoms with Crippen LogP contribution in [0.1, 0.15) is 158 Å². The van der Waals surface area contributed by atoms with Gasteiger partial charge in [-0.05, 0) is 99.6 Å². The molecule has 3 aliphatic rings. The lowest BCUT2D eigenvalue weighted by Gasteiger charge is -2.20. The van der Waals surface area contributed by atoms with Crippen molar-refractivity contribution in [2.24, 2.45) is 45.5 Å². The first kappa shape index (κ1) is 49.6. The van der Waals surface area contributed by atoms with E-state index in [0.717, 1.165) is 59.1 Å². The van der Waals surface area contributed by atoms with Gasteiger partial charge in [-0.3, -0.25) is 24.2 Å². The summed E-state index contributed by atoms with van der Waals surface area (Å²) in [5, 5.41) is 11.3. The number of aryl methyl sites for hydroxylation is 1. The van der Waals surface area contributed by atoms with Gasteiger partial charge < -0.3 is 19.8 Å². The summed E-state index contributed by atoms with van der Waals surface area (Å²) in [5.74, 6) is -1.85. The molecule has 0 radical (unpaired) electrons. The van der Waals surface area contributed by atoms with E-state index < -0.39 is 17.7 Å². The topological polar surface area (TPSA) is 154 Å². The number of nitrogens with one attached hydrogen (secondary N) is 2. The number of aliphatic carboxylic acids is 1. The van der Waals surface area contributed by atoms with Gasteiger partial charge in [0.05, 0.1) is 22.5 Å². The summed E-state index contributed by atoms with van der Waals surface area (Å²) in [6.07, 6.45) is 20.4. The molecule has 64 heavy (non-hydrogen) atoms. The van der Waals surface area contributed by atoms with Gasteiger partial charge >= 0.3 is 11.9 Å². The quantitative estimate of drug-likeness (QED) is 0.0413. The number of Topliss-reactive ketones (excluding diaryl/α,β-unsaturated/α-hetero) is 1. The number of ether oxygens (including phenoxy) is 1. The molecule has 344 valence electrons. The molecule has 10 heteroatoms. The zero-order chi connectivity index (χ0) is 46.8. The van der Waals surface area contributed by atoms with Crippen molar-refractivity contribution in [1.82, 2.24) is 9.97 Å². The SMILES string of the molecule is C=Cc1c(/C=C2N=C(/C=c3/cc4c([nH]3)=C(C3=NC(=C)C(C)C3CCC(=O)OC/C=C(/C)CCCC(C)CCCC(C)CCCC(C)C)C(C(=O)O)C4=O)C(CC)=C\2C=O)[nH]c(C)c1C. The van der Waals surface area contributed by atoms with Gasteiger partial charge in [-0.15, -0.1) is 0 Å². The predicted octanol–water partition coefficient (Wildman–Crippen LogP) is 10.8. The Hall–Kier alpha value is -5.38. The smallest absolute Gasteiger partial charge is 0.319 e. The van der Waals surface area contributed by atoms with Crippen molar-refractivity contribution >= 4 is 59.2 Å². The van der Waals surface area contributed by atoms with Crippen LogP contribution in [0.2, 0.25) is 0 Å². The lowest BCUT2D eigenvalue weighted by atomic mass is 9.81. The number of carboxylic acid groups (broad SMARTS) is 1. The molecule has 0 bridgehead atoms. The summed E-state index contributed by atoms with van der Waals surface area (Å²) in [5.41, 5.74) is 8.86. The summed E-state index contributed by atoms with van der Waals surface area (Å²) in [6, 6.07) is 1.64. The fraction of sp³-hybridized carbons (Fsp3) is 0.519. The number of carbonyl (C=O) groups is 4. The van der Waals surface area contributed by atoms with Gasteiger partial charge in [-0.2, -0.15) is 0 Å². The lowest BCUT2D eigenvalue weighted by molar-refractivity contribution is -0.142. The van der Waals surface area contributed by atoms with Crippen LogP contribution in [0, 0.1) is 49.4 Å². The van der Waals surface area contributed by atoms with E-state index in [4.69, 9.17) is 14.7 Å². The Balaban J connectivity index is 1.25. The van der Waals surface area contributed by atoms with Crippen LogP contribution in [-0.2, 0) is 19.1 Å². The van der Waals surface area contributed by atoms with E-state index in [0.29, 0.717) is 63.4 Å². The standard InChI is InChI=1S/C54H72N4O6/c1-12-40-35(8)37(10)55-46(40)29-47-44(30-59)41(13-2)45(58-47)28-39-27-43-52(57-39)49(50(53(43)61)54(62)63)51-42(36(9)38(11)56-51)23-24-48(60)64-26-25-34(7)22-16-21-33(6)20-15-19-32(5)18-14-17-31(3)4/h12,25,27-33,36,42,50,55,57H,1,11,13-24,26H2,2-10H3,(H,62,63)/b34-25-,39-28-,47-29-. The first-order valence-corrected chi connectivity index (χ1v) is 23.6. The van der Waals surface area contributed by atoms with Crippen LogP contribution < -0.4 is 10.7 Å². The summed E-state index contributed by atoms with van der Waals surface area (Å²) in [7, 11) is 0. The second-order valence-corrected chi connectivity index (χ2v) is 19.0. The molecule has 0 spiro atoms. The molecule has 0 saturated heterocycles. The zero-order valence-corrected chi connectivity index (χ0v) is 39.9. The maximum absolute atomic E-state index is 13.8. The third-order valence-electron chi connectivity index (χ3n) is 13.6. The second-order valence-electron chi connectivity index (χ2n) is 19.0. The van der Waals surface area contributed by atoms with Gasteiger partial charge in [0.15, 0.2) is 12.1 Å². The molecule has 0 aromatic carbocycles. The average Bonchev–Trinajstić information content (AvgIpc) is 4.01. The van der Waals surface area contributed by atoms with Crippen molar-refractivity contribution < 1.29 is 29.0 Å². The van der Waals surface area contributed by atoms with Crippen LogP contribution in [0.3, 0.4) is 0 Å². The van der Waals surface area contributed by atoms with Crippen molar-refractivity contribution in [3.05, 3.63) is 92.2 Å². The van der Waals surface area contributed by atoms with Crippen LogP contribution in [0.5, 0.6) is 0 Å². The van der Waals surface area contributed by atoms with Gasteiger partial charge in [-0.25, -0.2) is 4.99 Å². The highest BCUT2D eigenvalue weighted by Gasteiger charge is 2.45. The van der Waals surface area contributed by atoms with E-state index in [-0.39, 0.29) is 36.4 Å². The van der Waals surface area contributed by atoms with Crippen molar-refractivity contribution in [2.45, 2.75) is 139 Å². The van der Waals surface area contributed by atoms with Crippen molar-refractivity contribution in [2.75, 3.05) is 6.61 Å². The number of hydrogen-bond donors (Lipinski definition) is 3. The maximum Gasteiger partial charge on any atom is 0.319 e. The Morgan fingerprint density at radius 2 is 1.64 bits per heavy atom. The molecule has 2 aromatic rings. The molecule has 5 unspecified atom stereocenters. The molecule has 0 saturated carbocycles. The number of aromatic nitrogens is 2. The van der Waals surface area contributed by atoms with E-state index in [9.17, 15) is 24.3 Å². The number of aromatic amines is 2. The second kappa shape index (κ2) is 22.5. The largest absolute Gasteiger partial charge is 0.480 e. The van der Waals surface area contributed by atoms with E-state index in [1.54, 1.807) is 18.2 Å². The molecule has 4 heterocycles. The first-order chi connectivity index (χ1) is 30.5. The minimum Gasteiger partial charge on any atom is -0.480 e. The monoisotopic (exact) mass is 873 g/mol. The molecular formula is C54H72N4O6. The maximum atomic E-state index is 13.8. The molecular weight excluding hydrogens is 801 g/mol. The Morgan fingerprint density at radius 3 is 2.27 bits per heavy atom. The Labute approximate surface area is 380 Å². The lowest BCUT2D eigenvalue weighted by Crippen LogP contribution is -2.30. The van der Waals surface area contributed by atoms with Crippen molar-refractivity contribution in [3.8, 4) is 0 Å². The van der Waals surface area contributed by atoms with Crippen LogP contribution in [0.25, 0.3) is 23.8 Å². The number of ketones is 1. The summed E-state index contributed by atoms with van der Waals surface area (Å²) >= 11 is 0. The number of H-pyrrole nitrogens is 2. The Morgan fingerprint density at radius 1 is 0.969 bits per heavy atom. The predicted molar refractivity (Wildman–Crippen MR) is 260 cm³/mol.